The van der Waals surface area contributed by atoms with Gasteiger partial charge in [-0.15, -0.1) is 0 Å². The highest BCUT2D eigenvalue weighted by Gasteiger charge is 2.19. The Balaban J connectivity index is 3.89. The van der Waals surface area contributed by atoms with Gasteiger partial charge in [0.2, 0.25) is 0 Å². The largest absolute Gasteiger partial charge is 0.390 e. The molecule has 0 unspecified atom stereocenters. The molecule has 0 amide bonds. The lowest BCUT2D eigenvalue weighted by Gasteiger charge is -2.11. The molecule has 5 nitrogen and oxygen atoms in total. The van der Waals surface area contributed by atoms with Crippen molar-refractivity contribution < 1.29 is 19.4 Å². The smallest absolute Gasteiger partial charge is 0.339 e. The van der Waals surface area contributed by atoms with Crippen molar-refractivity contribution in [1.82, 2.24) is 0 Å². The molecule has 0 aliphatic rings. The molecule has 0 aliphatic heterocycles. The normalized spacial score (nSPS) is 12.7. The molecule has 0 saturated carbocycles. The average Bonchev–Trinajstić information content (AvgIpc) is 2.02. The number of rotatable bonds is 4. The van der Waals surface area contributed by atoms with Gasteiger partial charge in [-0.1, -0.05) is 13.8 Å². The van der Waals surface area contributed by atoms with E-state index in [0.717, 1.165) is 0 Å². The summed E-state index contributed by atoms with van der Waals surface area (Å²) >= 11 is 0. The quantitative estimate of drug-likeness (QED) is 0.456. The van der Waals surface area contributed by atoms with Crippen molar-refractivity contribution in [2.75, 3.05) is 6.61 Å². The molecule has 0 saturated heterocycles. The molecular formula is C8H15NO4. The van der Waals surface area contributed by atoms with E-state index >= 15 is 0 Å². The first-order chi connectivity index (χ1) is 5.97. The van der Waals surface area contributed by atoms with Crippen LogP contribution in [0.1, 0.15) is 20.3 Å². The zero-order valence-electron chi connectivity index (χ0n) is 7.82. The average molecular weight is 189 g/mol. The minimum atomic E-state index is -0.968. The molecule has 0 rings (SSSR count). The fourth-order valence-electron chi connectivity index (χ4n) is 0.824. The van der Waals surface area contributed by atoms with Crippen molar-refractivity contribution in [3.8, 4) is 0 Å². The Hall–Kier alpha value is -0.940. The number of esters is 2. The van der Waals surface area contributed by atoms with Crippen LogP contribution in [0.2, 0.25) is 0 Å². The summed E-state index contributed by atoms with van der Waals surface area (Å²) in [5, 5.41) is 8.28. The monoisotopic (exact) mass is 189 g/mol. The summed E-state index contributed by atoms with van der Waals surface area (Å²) in [7, 11) is 0. The summed E-state index contributed by atoms with van der Waals surface area (Å²) in [5.74, 6) is -1.50. The van der Waals surface area contributed by atoms with E-state index in [9.17, 15) is 9.59 Å². The third-order valence-electron chi connectivity index (χ3n) is 1.37. The topological polar surface area (TPSA) is 89.6 Å². The first kappa shape index (κ1) is 12.1. The Bertz CT molecular complexity index is 191. The van der Waals surface area contributed by atoms with Gasteiger partial charge in [-0.3, -0.25) is 0 Å². The zero-order valence-corrected chi connectivity index (χ0v) is 7.82. The van der Waals surface area contributed by atoms with Gasteiger partial charge in [0, 0.05) is 0 Å². The number of aliphatic hydroxyl groups is 1. The predicted octanol–water partition coefficient (Wildman–Crippen LogP) is -0.578. The number of aliphatic hydroxyl groups excluding tert-OH is 1. The third kappa shape index (κ3) is 5.32. The minimum Gasteiger partial charge on any atom is -0.390 e. The van der Waals surface area contributed by atoms with Crippen molar-refractivity contribution in [3.05, 3.63) is 0 Å². The second-order valence-corrected chi connectivity index (χ2v) is 3.19. The molecule has 1 atom stereocenters. The molecular weight excluding hydrogens is 174 g/mol. The SMILES string of the molecule is CC(C)C[C@H](N)C(=O)OC(=O)CO. The molecule has 0 radical (unpaired) electrons. The molecule has 0 aromatic rings. The molecule has 0 aromatic carbocycles. The van der Waals surface area contributed by atoms with Crippen molar-refractivity contribution in [2.45, 2.75) is 26.3 Å². The van der Waals surface area contributed by atoms with Gasteiger partial charge < -0.3 is 15.6 Å². The van der Waals surface area contributed by atoms with Gasteiger partial charge in [-0.05, 0) is 12.3 Å². The molecule has 0 heterocycles. The van der Waals surface area contributed by atoms with Gasteiger partial charge >= 0.3 is 11.9 Å². The van der Waals surface area contributed by atoms with E-state index in [1.54, 1.807) is 0 Å². The highest BCUT2D eigenvalue weighted by molar-refractivity contribution is 5.88. The molecule has 0 bridgehead atoms. The maximum absolute atomic E-state index is 11.0. The van der Waals surface area contributed by atoms with E-state index in [-0.39, 0.29) is 5.92 Å². The molecule has 5 heteroatoms. The number of ether oxygens (including phenoxy) is 1. The van der Waals surface area contributed by atoms with Crippen molar-refractivity contribution in [3.63, 3.8) is 0 Å². The Morgan fingerprint density at radius 2 is 2.00 bits per heavy atom. The van der Waals surface area contributed by atoms with Gasteiger partial charge in [0.05, 0.1) is 0 Å². The predicted molar refractivity (Wildman–Crippen MR) is 45.6 cm³/mol. The maximum Gasteiger partial charge on any atom is 0.339 e. The lowest BCUT2D eigenvalue weighted by Crippen LogP contribution is -2.35. The van der Waals surface area contributed by atoms with Crippen LogP contribution in [0, 0.1) is 5.92 Å². The molecule has 0 fully saturated rings. The highest BCUT2D eigenvalue weighted by Crippen LogP contribution is 2.03. The summed E-state index contributed by atoms with van der Waals surface area (Å²) < 4.78 is 4.21. The second kappa shape index (κ2) is 5.66. The van der Waals surface area contributed by atoms with Gasteiger partial charge in [-0.25, -0.2) is 9.59 Å². The highest BCUT2D eigenvalue weighted by atomic mass is 16.6. The van der Waals surface area contributed by atoms with Gasteiger partial charge in [0.15, 0.2) is 0 Å². The van der Waals surface area contributed by atoms with Gasteiger partial charge in [0.25, 0.3) is 0 Å². The summed E-state index contributed by atoms with van der Waals surface area (Å²) in [5.41, 5.74) is 5.41. The van der Waals surface area contributed by atoms with Crippen LogP contribution in [-0.2, 0) is 14.3 Å². The van der Waals surface area contributed by atoms with Crippen LogP contribution in [0.5, 0.6) is 0 Å². The van der Waals surface area contributed by atoms with Crippen LogP contribution in [0.3, 0.4) is 0 Å². The molecule has 76 valence electrons. The summed E-state index contributed by atoms with van der Waals surface area (Å²) in [6.45, 7) is 3.00. The first-order valence-corrected chi connectivity index (χ1v) is 4.08. The Kier molecular flexibility index (Phi) is 5.25. The Labute approximate surface area is 76.9 Å². The molecule has 13 heavy (non-hydrogen) atoms. The molecule has 0 spiro atoms. The number of carbonyl (C=O) groups is 2. The standard InChI is InChI=1S/C8H15NO4/c1-5(2)3-6(9)8(12)13-7(11)4-10/h5-6,10H,3-4,9H2,1-2H3/t6-/m0/s1. The number of nitrogens with two attached hydrogens (primary N) is 1. The van der Waals surface area contributed by atoms with E-state index < -0.39 is 24.6 Å². The fraction of sp³-hybridized carbons (Fsp3) is 0.750. The van der Waals surface area contributed by atoms with Crippen LogP contribution in [0.4, 0.5) is 0 Å². The lowest BCUT2D eigenvalue weighted by molar-refractivity contribution is -0.162. The third-order valence-corrected chi connectivity index (χ3v) is 1.37. The van der Waals surface area contributed by atoms with E-state index in [2.05, 4.69) is 4.74 Å². The fourth-order valence-corrected chi connectivity index (χ4v) is 0.824. The molecule has 0 aliphatic carbocycles. The van der Waals surface area contributed by atoms with E-state index in [4.69, 9.17) is 10.8 Å². The number of carbonyl (C=O) groups excluding carboxylic acids is 2. The van der Waals surface area contributed by atoms with Crippen LogP contribution >= 0.6 is 0 Å². The van der Waals surface area contributed by atoms with Gasteiger partial charge in [-0.2, -0.15) is 0 Å². The summed E-state index contributed by atoms with van der Waals surface area (Å²) in [6.07, 6.45) is 0.456. The Morgan fingerprint density at radius 3 is 2.38 bits per heavy atom. The van der Waals surface area contributed by atoms with E-state index in [1.807, 2.05) is 13.8 Å². The van der Waals surface area contributed by atoms with Crippen molar-refractivity contribution in [1.29, 1.82) is 0 Å². The van der Waals surface area contributed by atoms with Gasteiger partial charge in [0.1, 0.15) is 12.6 Å². The van der Waals surface area contributed by atoms with Crippen LogP contribution < -0.4 is 5.73 Å². The second-order valence-electron chi connectivity index (χ2n) is 3.19. The number of hydrogen-bond donors (Lipinski definition) is 2. The van der Waals surface area contributed by atoms with Crippen LogP contribution in [0.25, 0.3) is 0 Å². The van der Waals surface area contributed by atoms with E-state index in [0.29, 0.717) is 6.42 Å². The first-order valence-electron chi connectivity index (χ1n) is 4.08. The van der Waals surface area contributed by atoms with Crippen LogP contribution in [0.15, 0.2) is 0 Å². The number of hydrogen-bond acceptors (Lipinski definition) is 5. The molecule has 0 aromatic heterocycles. The zero-order chi connectivity index (χ0) is 10.4. The van der Waals surface area contributed by atoms with Crippen molar-refractivity contribution >= 4 is 11.9 Å². The van der Waals surface area contributed by atoms with E-state index in [1.165, 1.54) is 0 Å². The minimum absolute atomic E-state index is 0.256. The van der Waals surface area contributed by atoms with Crippen molar-refractivity contribution in [2.24, 2.45) is 11.7 Å². The van der Waals surface area contributed by atoms with Crippen LogP contribution in [-0.4, -0.2) is 29.7 Å². The molecule has 3 N–H and O–H groups in total. The summed E-state index contributed by atoms with van der Waals surface area (Å²) in [6, 6.07) is -0.796. The summed E-state index contributed by atoms with van der Waals surface area (Å²) in [4.78, 5) is 21.4. The lowest BCUT2D eigenvalue weighted by atomic mass is 10.1. The maximum atomic E-state index is 11.0. The Morgan fingerprint density at radius 1 is 1.46 bits per heavy atom.